The highest BCUT2D eigenvalue weighted by Crippen LogP contribution is 2.64. The number of fused-ring (bicyclic) bond motifs is 15. The molecule has 0 aliphatic heterocycles. The van der Waals surface area contributed by atoms with Gasteiger partial charge in [0, 0.05) is 33.5 Å². The van der Waals surface area contributed by atoms with E-state index in [4.69, 9.17) is 0 Å². The first kappa shape index (κ1) is 37.6. The third-order valence-electron chi connectivity index (χ3n) is 14.6. The predicted molar refractivity (Wildman–Crippen MR) is 280 cm³/mol. The molecule has 11 aromatic carbocycles. The van der Waals surface area contributed by atoms with Gasteiger partial charge in [0.05, 0.1) is 16.4 Å². The van der Waals surface area contributed by atoms with Gasteiger partial charge in [0.25, 0.3) is 0 Å². The summed E-state index contributed by atoms with van der Waals surface area (Å²) in [6.45, 7) is 0. The summed E-state index contributed by atoms with van der Waals surface area (Å²) in [5, 5.41) is 5.01. The predicted octanol–water partition coefficient (Wildman–Crippen LogP) is 17.1. The van der Waals surface area contributed by atoms with Crippen molar-refractivity contribution in [1.82, 2.24) is 4.57 Å². The Bertz CT molecular complexity index is 3850. The van der Waals surface area contributed by atoms with E-state index in [0.717, 1.165) is 22.7 Å². The van der Waals surface area contributed by atoms with E-state index >= 15 is 0 Å². The summed E-state index contributed by atoms with van der Waals surface area (Å²) in [4.78, 5) is 2.34. The SMILES string of the molecule is c1ccc(-c2ccc(N(c3ccccc3)c3ccc(-c4ccc5c(c4)c4c6c(ccc4n5-c4ccc5ccccc5c4)C4(c5ccccc5-c5ccccc54)c4ccccc4-6)cc3)cc2)cc1. The largest absolute Gasteiger partial charge is 0.311 e. The molecule has 67 heavy (non-hydrogen) atoms. The highest BCUT2D eigenvalue weighted by Gasteiger charge is 2.52. The number of rotatable bonds is 6. The number of hydrogen-bond acceptors (Lipinski definition) is 1. The van der Waals surface area contributed by atoms with Gasteiger partial charge in [-0.25, -0.2) is 0 Å². The zero-order chi connectivity index (χ0) is 44.1. The van der Waals surface area contributed by atoms with Crippen LogP contribution in [0.25, 0.3) is 82.8 Å². The van der Waals surface area contributed by atoms with Crippen LogP contribution in [0.5, 0.6) is 0 Å². The van der Waals surface area contributed by atoms with Gasteiger partial charge < -0.3 is 9.47 Å². The molecule has 12 aromatic rings. The third-order valence-corrected chi connectivity index (χ3v) is 14.6. The average Bonchev–Trinajstić information content (AvgIpc) is 4.01. The molecule has 0 N–H and O–H groups in total. The molecule has 0 amide bonds. The molecule has 312 valence electrons. The van der Waals surface area contributed by atoms with Gasteiger partial charge >= 0.3 is 0 Å². The fourth-order valence-electron chi connectivity index (χ4n) is 11.7. The van der Waals surface area contributed by atoms with Crippen LogP contribution in [-0.2, 0) is 5.41 Å². The second-order valence-corrected chi connectivity index (χ2v) is 18.0. The number of benzene rings is 11. The van der Waals surface area contributed by atoms with Crippen LogP contribution in [0.3, 0.4) is 0 Å². The van der Waals surface area contributed by atoms with Crippen molar-refractivity contribution < 1.29 is 0 Å². The first-order valence-corrected chi connectivity index (χ1v) is 23.3. The minimum absolute atomic E-state index is 0.426. The van der Waals surface area contributed by atoms with Crippen LogP contribution in [0.4, 0.5) is 17.1 Å². The monoisotopic (exact) mass is 850 g/mol. The van der Waals surface area contributed by atoms with Crippen LogP contribution >= 0.6 is 0 Å². The summed E-state index contributed by atoms with van der Waals surface area (Å²) in [5.74, 6) is 0. The Balaban J connectivity index is 0.972. The molecule has 2 aliphatic carbocycles. The van der Waals surface area contributed by atoms with E-state index in [9.17, 15) is 0 Å². The summed E-state index contributed by atoms with van der Waals surface area (Å²) >= 11 is 0. The molecule has 0 atom stereocenters. The molecule has 0 fully saturated rings. The van der Waals surface area contributed by atoms with Crippen molar-refractivity contribution in [2.24, 2.45) is 0 Å². The fourth-order valence-corrected chi connectivity index (χ4v) is 11.7. The molecule has 0 saturated heterocycles. The molecule has 0 bridgehead atoms. The third kappa shape index (κ3) is 5.51. The Morgan fingerprint density at radius 2 is 0.806 bits per heavy atom. The second-order valence-electron chi connectivity index (χ2n) is 18.0. The zero-order valence-electron chi connectivity index (χ0n) is 36.6. The lowest BCUT2D eigenvalue weighted by Crippen LogP contribution is -2.25. The standard InChI is InChI=1S/C65H42N2/c1-3-15-43(16-4-1)45-27-33-50(34-28-45)66(49-19-5-2-6-20-49)51-35-29-46(30-36-51)48-32-39-61-56(42-48)64-62(67(61)52-37-31-44-17-7-8-18-47(44)41-52)40-38-60-63(64)55-23-11-14-26-59(55)65(60)57-24-12-9-21-53(57)54-22-10-13-25-58(54)65/h1-42H. The number of hydrogen-bond donors (Lipinski definition) is 0. The Kier molecular flexibility index (Phi) is 8.23. The lowest BCUT2D eigenvalue weighted by Gasteiger charge is -2.30. The highest BCUT2D eigenvalue weighted by atomic mass is 15.1. The summed E-state index contributed by atoms with van der Waals surface area (Å²) in [6.07, 6.45) is 0. The van der Waals surface area contributed by atoms with Gasteiger partial charge in [-0.15, -0.1) is 0 Å². The molecule has 1 spiro atoms. The van der Waals surface area contributed by atoms with Crippen LogP contribution in [0.1, 0.15) is 22.3 Å². The van der Waals surface area contributed by atoms with Gasteiger partial charge in [-0.3, -0.25) is 0 Å². The topological polar surface area (TPSA) is 8.17 Å². The minimum atomic E-state index is -0.426. The lowest BCUT2D eigenvalue weighted by molar-refractivity contribution is 0.794. The van der Waals surface area contributed by atoms with E-state index < -0.39 is 5.41 Å². The Labute approximate surface area is 389 Å². The smallest absolute Gasteiger partial charge is 0.0725 e. The van der Waals surface area contributed by atoms with Crippen molar-refractivity contribution in [3.63, 3.8) is 0 Å². The van der Waals surface area contributed by atoms with E-state index in [2.05, 4.69) is 264 Å². The van der Waals surface area contributed by atoms with Crippen LogP contribution < -0.4 is 4.90 Å². The average molecular weight is 851 g/mol. The Morgan fingerprint density at radius 3 is 1.48 bits per heavy atom. The van der Waals surface area contributed by atoms with Gasteiger partial charge in [-0.05, 0) is 144 Å². The Morgan fingerprint density at radius 1 is 0.313 bits per heavy atom. The van der Waals surface area contributed by atoms with Gasteiger partial charge in [-0.2, -0.15) is 0 Å². The maximum Gasteiger partial charge on any atom is 0.0725 e. The second kappa shape index (κ2) is 14.7. The van der Waals surface area contributed by atoms with E-state index in [1.807, 2.05) is 0 Å². The van der Waals surface area contributed by atoms with Crippen molar-refractivity contribution >= 4 is 49.6 Å². The maximum absolute atomic E-state index is 2.50. The number of anilines is 3. The summed E-state index contributed by atoms with van der Waals surface area (Å²) < 4.78 is 2.50. The molecule has 1 aromatic heterocycles. The molecule has 14 rings (SSSR count). The van der Waals surface area contributed by atoms with Crippen molar-refractivity contribution in [3.05, 3.63) is 277 Å². The molecule has 0 unspecified atom stereocenters. The van der Waals surface area contributed by atoms with Gasteiger partial charge in [0.1, 0.15) is 0 Å². The molecule has 1 heterocycles. The summed E-state index contributed by atoms with van der Waals surface area (Å²) in [5.41, 5.74) is 21.9. The van der Waals surface area contributed by atoms with Crippen molar-refractivity contribution in [2.45, 2.75) is 5.41 Å². The normalized spacial score (nSPS) is 12.9. The van der Waals surface area contributed by atoms with Crippen LogP contribution in [0.15, 0.2) is 255 Å². The van der Waals surface area contributed by atoms with Crippen LogP contribution in [0, 0.1) is 0 Å². The van der Waals surface area contributed by atoms with Crippen molar-refractivity contribution in [1.29, 1.82) is 0 Å². The van der Waals surface area contributed by atoms with E-state index in [0.29, 0.717) is 0 Å². The summed E-state index contributed by atoms with van der Waals surface area (Å²) in [7, 11) is 0. The Hall–Kier alpha value is -8.72. The quantitative estimate of drug-likeness (QED) is 0.162. The van der Waals surface area contributed by atoms with Gasteiger partial charge in [0.2, 0.25) is 0 Å². The van der Waals surface area contributed by atoms with Gasteiger partial charge in [-0.1, -0.05) is 188 Å². The molecule has 0 saturated carbocycles. The molecule has 2 heteroatoms. The molecular formula is C65H42N2. The maximum atomic E-state index is 2.50. The van der Waals surface area contributed by atoms with E-state index in [1.165, 1.54) is 99.3 Å². The van der Waals surface area contributed by atoms with E-state index in [1.54, 1.807) is 0 Å². The minimum Gasteiger partial charge on any atom is -0.311 e. The lowest BCUT2D eigenvalue weighted by atomic mass is 9.70. The van der Waals surface area contributed by atoms with Crippen molar-refractivity contribution in [2.75, 3.05) is 4.90 Å². The number of nitrogens with zero attached hydrogens (tertiary/aromatic N) is 2. The van der Waals surface area contributed by atoms with Crippen molar-refractivity contribution in [3.8, 4) is 50.2 Å². The first-order chi connectivity index (χ1) is 33.2. The first-order valence-electron chi connectivity index (χ1n) is 23.3. The zero-order valence-corrected chi connectivity index (χ0v) is 36.6. The number of para-hydroxylation sites is 1. The van der Waals surface area contributed by atoms with Crippen LogP contribution in [-0.4, -0.2) is 4.57 Å². The highest BCUT2D eigenvalue weighted by molar-refractivity contribution is 6.19. The fraction of sp³-hybridized carbons (Fsp3) is 0.0154. The number of aromatic nitrogens is 1. The van der Waals surface area contributed by atoms with Gasteiger partial charge in [0.15, 0.2) is 0 Å². The molecule has 2 aliphatic rings. The molecular weight excluding hydrogens is 809 g/mol. The van der Waals surface area contributed by atoms with Crippen LogP contribution in [0.2, 0.25) is 0 Å². The molecule has 2 nitrogen and oxygen atoms in total. The summed E-state index contributed by atoms with van der Waals surface area (Å²) in [6, 6.07) is 94.1. The van der Waals surface area contributed by atoms with E-state index in [-0.39, 0.29) is 0 Å². The molecule has 0 radical (unpaired) electrons.